The van der Waals surface area contributed by atoms with Gasteiger partial charge in [-0.1, -0.05) is 32.9 Å². The molecule has 28 heavy (non-hydrogen) atoms. The van der Waals surface area contributed by atoms with E-state index in [4.69, 9.17) is 0 Å². The Morgan fingerprint density at radius 1 is 1.00 bits per heavy atom. The molecule has 2 aromatic rings. The molecule has 1 aromatic carbocycles. The van der Waals surface area contributed by atoms with Gasteiger partial charge in [0.1, 0.15) is 0 Å². The zero-order valence-corrected chi connectivity index (χ0v) is 15.9. The lowest BCUT2D eigenvalue weighted by Crippen LogP contribution is -2.16. The molecule has 10 heteroatoms. The minimum absolute atomic E-state index is 0.123. The molecule has 0 amide bonds. The van der Waals surface area contributed by atoms with Crippen LogP contribution in [0.25, 0.3) is 11.3 Å². The van der Waals surface area contributed by atoms with Crippen LogP contribution in [0.4, 0.5) is 26.3 Å². The molecule has 0 spiro atoms. The Bertz CT molecular complexity index is 979. The van der Waals surface area contributed by atoms with Gasteiger partial charge in [-0.05, 0) is 24.1 Å². The number of halogens is 6. The molecule has 2 rings (SSSR count). The minimum Gasteiger partial charge on any atom is -0.251 e. The smallest absolute Gasteiger partial charge is 0.251 e. The molecule has 0 saturated carbocycles. The lowest BCUT2D eigenvalue weighted by atomic mass is 10.00. The fourth-order valence-electron chi connectivity index (χ4n) is 2.61. The van der Waals surface area contributed by atoms with Gasteiger partial charge in [0.25, 0.3) is 0 Å². The Labute approximate surface area is 158 Å². The Morgan fingerprint density at radius 2 is 1.61 bits per heavy atom. The average Bonchev–Trinajstić information content (AvgIpc) is 2.59. The first-order valence-electron chi connectivity index (χ1n) is 8.21. The third-order valence-electron chi connectivity index (χ3n) is 4.05. The van der Waals surface area contributed by atoms with Crippen LogP contribution < -0.4 is 0 Å². The number of pyridine rings is 1. The van der Waals surface area contributed by atoms with Crippen LogP contribution in [0.1, 0.15) is 43.5 Å². The summed E-state index contributed by atoms with van der Waals surface area (Å²) in [7, 11) is -4.03. The maximum Gasteiger partial charge on any atom is 0.418 e. The van der Waals surface area contributed by atoms with Gasteiger partial charge in [-0.2, -0.15) is 26.3 Å². The molecule has 0 aliphatic carbocycles. The Balaban J connectivity index is 2.90. The molecular weight excluding hydrogens is 408 g/mol. The van der Waals surface area contributed by atoms with Crippen LogP contribution in [0, 0.1) is 0 Å². The van der Waals surface area contributed by atoms with Crippen LogP contribution in [0.15, 0.2) is 35.2 Å². The molecule has 154 valence electrons. The highest BCUT2D eigenvalue weighted by atomic mass is 32.2. The first kappa shape index (κ1) is 22.2. The van der Waals surface area contributed by atoms with E-state index in [9.17, 15) is 34.8 Å². The Morgan fingerprint density at radius 3 is 2.07 bits per heavy atom. The Kier molecular flexibility index (Phi) is 5.85. The van der Waals surface area contributed by atoms with Crippen molar-refractivity contribution in [2.24, 2.45) is 0 Å². The van der Waals surface area contributed by atoms with Crippen LogP contribution >= 0.6 is 0 Å². The van der Waals surface area contributed by atoms with Crippen molar-refractivity contribution in [1.82, 2.24) is 4.98 Å². The summed E-state index contributed by atoms with van der Waals surface area (Å²) in [4.78, 5) is 3.32. The molecule has 1 heterocycles. The fraction of sp³-hybridized carbons (Fsp3) is 0.389. The van der Waals surface area contributed by atoms with Crippen molar-refractivity contribution in [2.75, 3.05) is 5.75 Å². The second kappa shape index (κ2) is 7.38. The summed E-state index contributed by atoms with van der Waals surface area (Å²) in [5.41, 5.74) is -3.79. The monoisotopic (exact) mass is 425 g/mol. The average molecular weight is 425 g/mol. The van der Waals surface area contributed by atoms with E-state index in [1.165, 1.54) is 6.92 Å². The molecule has 1 aromatic heterocycles. The number of aromatic nitrogens is 1. The molecule has 0 N–H and O–H groups in total. The summed E-state index contributed by atoms with van der Waals surface area (Å²) in [6, 6.07) is 3.82. The third-order valence-corrected chi connectivity index (χ3v) is 5.80. The second-order valence-electron chi connectivity index (χ2n) is 6.40. The summed E-state index contributed by atoms with van der Waals surface area (Å²) >= 11 is 0. The van der Waals surface area contributed by atoms with Gasteiger partial charge in [0.2, 0.25) is 0 Å². The predicted octanol–water partition coefficient (Wildman–Crippen LogP) is 5.70. The molecule has 0 unspecified atom stereocenters. The van der Waals surface area contributed by atoms with E-state index in [1.54, 1.807) is 13.8 Å². The molecule has 0 fully saturated rings. The van der Waals surface area contributed by atoms with E-state index in [-0.39, 0.29) is 5.69 Å². The first-order chi connectivity index (χ1) is 12.7. The second-order valence-corrected chi connectivity index (χ2v) is 8.65. The molecule has 0 radical (unpaired) electrons. The summed E-state index contributed by atoms with van der Waals surface area (Å²) in [5.74, 6) is -1.00. The number of benzene rings is 1. The highest BCUT2D eigenvalue weighted by Gasteiger charge is 2.38. The van der Waals surface area contributed by atoms with E-state index in [2.05, 4.69) is 4.98 Å². The van der Waals surface area contributed by atoms with Crippen molar-refractivity contribution in [3.05, 3.63) is 47.2 Å². The van der Waals surface area contributed by atoms with Crippen molar-refractivity contribution >= 4 is 9.84 Å². The van der Waals surface area contributed by atoms with Crippen molar-refractivity contribution in [3.8, 4) is 11.3 Å². The van der Waals surface area contributed by atoms with Gasteiger partial charge in [0.15, 0.2) is 9.84 Å². The lowest BCUT2D eigenvalue weighted by Gasteiger charge is -2.19. The number of hydrogen-bond donors (Lipinski definition) is 0. The number of sulfone groups is 1. The zero-order chi connectivity index (χ0) is 21.5. The standard InChI is InChI=1S/C18H17F6NO2S/c1-4-28(26,27)14-9-13(18(22,23)24)16(25-15(14)10(2)3)11-6-5-7-12(8-11)17(19,20)21/h5-10H,4H2,1-3H3. The summed E-state index contributed by atoms with van der Waals surface area (Å²) < 4.78 is 104. The third kappa shape index (κ3) is 4.48. The van der Waals surface area contributed by atoms with Gasteiger partial charge in [-0.15, -0.1) is 0 Å². The van der Waals surface area contributed by atoms with Crippen molar-refractivity contribution < 1.29 is 34.8 Å². The van der Waals surface area contributed by atoms with Crippen LogP contribution in [0.5, 0.6) is 0 Å². The van der Waals surface area contributed by atoms with Gasteiger partial charge in [0, 0.05) is 5.56 Å². The van der Waals surface area contributed by atoms with Crippen molar-refractivity contribution in [2.45, 2.75) is 43.9 Å². The molecule has 0 atom stereocenters. The van der Waals surface area contributed by atoms with Gasteiger partial charge < -0.3 is 0 Å². The van der Waals surface area contributed by atoms with E-state index < -0.39 is 61.1 Å². The quantitative estimate of drug-likeness (QED) is 0.590. The van der Waals surface area contributed by atoms with Gasteiger partial charge >= 0.3 is 12.4 Å². The topological polar surface area (TPSA) is 47.0 Å². The van der Waals surface area contributed by atoms with Gasteiger partial charge in [-0.25, -0.2) is 8.42 Å². The largest absolute Gasteiger partial charge is 0.418 e. The highest BCUT2D eigenvalue weighted by molar-refractivity contribution is 7.91. The van der Waals surface area contributed by atoms with Crippen molar-refractivity contribution in [1.29, 1.82) is 0 Å². The number of rotatable bonds is 4. The lowest BCUT2D eigenvalue weighted by molar-refractivity contribution is -0.137. The van der Waals surface area contributed by atoms with Crippen LogP contribution in [0.2, 0.25) is 0 Å². The molecule has 3 nitrogen and oxygen atoms in total. The fourth-order valence-corrected chi connectivity index (χ4v) is 3.81. The summed E-state index contributed by atoms with van der Waals surface area (Å²) in [5, 5.41) is 0. The van der Waals surface area contributed by atoms with Crippen LogP contribution in [-0.4, -0.2) is 19.2 Å². The molecule has 0 bridgehead atoms. The van der Waals surface area contributed by atoms with Gasteiger partial charge in [0.05, 0.1) is 33.2 Å². The molecular formula is C18H17F6NO2S. The number of hydrogen-bond acceptors (Lipinski definition) is 3. The predicted molar refractivity (Wildman–Crippen MR) is 91.5 cm³/mol. The summed E-state index contributed by atoms with van der Waals surface area (Å²) in [6.07, 6.45) is -9.76. The molecule has 0 aliphatic heterocycles. The van der Waals surface area contributed by atoms with Crippen molar-refractivity contribution in [3.63, 3.8) is 0 Å². The molecule has 0 saturated heterocycles. The summed E-state index contributed by atoms with van der Waals surface area (Å²) in [6.45, 7) is 4.37. The highest BCUT2D eigenvalue weighted by Crippen LogP contribution is 2.41. The Hall–Kier alpha value is -2.10. The maximum absolute atomic E-state index is 13.6. The van der Waals surface area contributed by atoms with E-state index >= 15 is 0 Å². The van der Waals surface area contributed by atoms with E-state index in [0.29, 0.717) is 12.1 Å². The van der Waals surface area contributed by atoms with Crippen LogP contribution in [-0.2, 0) is 22.2 Å². The normalized spacial score (nSPS) is 13.2. The maximum atomic E-state index is 13.6. The zero-order valence-electron chi connectivity index (χ0n) is 15.1. The van der Waals surface area contributed by atoms with Crippen LogP contribution in [0.3, 0.4) is 0 Å². The SMILES string of the molecule is CCS(=O)(=O)c1cc(C(F)(F)F)c(-c2cccc(C(F)(F)F)c2)nc1C(C)C. The van der Waals surface area contributed by atoms with Gasteiger partial charge in [-0.3, -0.25) is 4.98 Å². The van der Waals surface area contributed by atoms with E-state index in [0.717, 1.165) is 18.2 Å². The number of nitrogens with zero attached hydrogens (tertiary/aromatic N) is 1. The molecule has 0 aliphatic rings. The van der Waals surface area contributed by atoms with E-state index in [1.807, 2.05) is 0 Å². The first-order valence-corrected chi connectivity index (χ1v) is 9.86. The minimum atomic E-state index is -5.01. The number of alkyl halides is 6.